The van der Waals surface area contributed by atoms with E-state index in [0.717, 1.165) is 16.6 Å². The first-order valence-corrected chi connectivity index (χ1v) is 6.24. The number of hydrogen-bond donors (Lipinski definition) is 0. The molecule has 1 aromatic carbocycles. The van der Waals surface area contributed by atoms with Gasteiger partial charge in [0.15, 0.2) is 0 Å². The number of nitrogens with zero attached hydrogens (tertiary/aromatic N) is 1. The normalized spacial score (nSPS) is 10.5. The van der Waals surface area contributed by atoms with Gasteiger partial charge in [0.2, 0.25) is 0 Å². The molecule has 0 aliphatic heterocycles. The van der Waals surface area contributed by atoms with E-state index in [-0.39, 0.29) is 0 Å². The molecule has 0 radical (unpaired) electrons. The van der Waals surface area contributed by atoms with E-state index in [1.807, 2.05) is 40.7 Å². The molecule has 0 amide bonds. The molecule has 78 valence electrons. The summed E-state index contributed by atoms with van der Waals surface area (Å²) in [5, 5.41) is 0.749. The summed E-state index contributed by atoms with van der Waals surface area (Å²) >= 11 is 7.93. The molecular formula is C12H12ClNS. The van der Waals surface area contributed by atoms with Gasteiger partial charge in [-0.3, -0.25) is 0 Å². The second kappa shape index (κ2) is 4.77. The molecule has 0 N–H and O–H groups in total. The lowest BCUT2D eigenvalue weighted by atomic mass is 10.3. The van der Waals surface area contributed by atoms with Crippen LogP contribution in [-0.2, 0) is 0 Å². The quantitative estimate of drug-likeness (QED) is 0.723. The van der Waals surface area contributed by atoms with E-state index in [2.05, 4.69) is 25.1 Å². The van der Waals surface area contributed by atoms with Crippen LogP contribution >= 0.6 is 23.4 Å². The molecule has 1 nitrogen and oxygen atoms in total. The smallest absolute Gasteiger partial charge is 0.113 e. The van der Waals surface area contributed by atoms with Crippen molar-refractivity contribution in [1.29, 1.82) is 0 Å². The van der Waals surface area contributed by atoms with E-state index in [1.54, 1.807) is 0 Å². The Bertz CT molecular complexity index is 450. The lowest BCUT2D eigenvalue weighted by Gasteiger charge is -2.10. The van der Waals surface area contributed by atoms with Gasteiger partial charge in [-0.05, 0) is 30.0 Å². The van der Waals surface area contributed by atoms with Crippen LogP contribution in [0, 0.1) is 0 Å². The zero-order valence-electron chi connectivity index (χ0n) is 8.48. The highest BCUT2D eigenvalue weighted by Gasteiger charge is 2.05. The molecule has 2 rings (SSSR count). The Kier molecular flexibility index (Phi) is 3.39. The number of benzene rings is 1. The first kappa shape index (κ1) is 10.7. The Balaban J connectivity index is 2.48. The maximum Gasteiger partial charge on any atom is 0.113 e. The molecule has 0 aliphatic rings. The fraction of sp³-hybridized carbons (Fsp3) is 0.167. The van der Waals surface area contributed by atoms with Crippen LogP contribution in [0.2, 0.25) is 5.15 Å². The summed E-state index contributed by atoms with van der Waals surface area (Å²) in [5.41, 5.74) is 1.15. The van der Waals surface area contributed by atoms with Crippen LogP contribution < -0.4 is 0 Å². The maximum atomic E-state index is 6.10. The van der Waals surface area contributed by atoms with Gasteiger partial charge < -0.3 is 4.57 Å². The molecule has 0 saturated heterocycles. The zero-order valence-corrected chi connectivity index (χ0v) is 10.1. The summed E-state index contributed by atoms with van der Waals surface area (Å²) < 4.78 is 2.00. The first-order valence-electron chi connectivity index (χ1n) is 4.88. The number of aromatic nitrogens is 1. The van der Waals surface area contributed by atoms with E-state index >= 15 is 0 Å². The third-order valence-corrected chi connectivity index (χ3v) is 3.38. The van der Waals surface area contributed by atoms with Gasteiger partial charge in [-0.25, -0.2) is 0 Å². The van der Waals surface area contributed by atoms with Gasteiger partial charge in [0, 0.05) is 11.1 Å². The van der Waals surface area contributed by atoms with Crippen LogP contribution in [0.25, 0.3) is 5.69 Å². The van der Waals surface area contributed by atoms with E-state index in [0.29, 0.717) is 0 Å². The fourth-order valence-corrected chi connectivity index (χ4v) is 2.51. The number of hydrogen-bond acceptors (Lipinski definition) is 1. The molecule has 2 aromatic rings. The first-order chi connectivity index (χ1) is 7.33. The summed E-state index contributed by atoms with van der Waals surface area (Å²) in [6.07, 6.45) is 1.98. The van der Waals surface area contributed by atoms with Crippen molar-refractivity contribution in [3.05, 3.63) is 47.7 Å². The van der Waals surface area contributed by atoms with Gasteiger partial charge in [0.25, 0.3) is 0 Å². The molecule has 0 unspecified atom stereocenters. The van der Waals surface area contributed by atoms with E-state index in [9.17, 15) is 0 Å². The van der Waals surface area contributed by atoms with Crippen LogP contribution in [-0.4, -0.2) is 10.3 Å². The predicted octanol–water partition coefficient (Wildman–Crippen LogP) is 4.24. The van der Waals surface area contributed by atoms with Crippen molar-refractivity contribution in [2.75, 3.05) is 5.75 Å². The SMILES string of the molecule is CCSc1ccccc1-n1cccc1Cl. The average molecular weight is 238 g/mol. The van der Waals surface area contributed by atoms with Gasteiger partial charge in [-0.2, -0.15) is 0 Å². The molecule has 1 heterocycles. The minimum atomic E-state index is 0.749. The second-order valence-corrected chi connectivity index (χ2v) is 4.79. The number of rotatable bonds is 3. The molecule has 3 heteroatoms. The maximum absolute atomic E-state index is 6.10. The number of halogens is 1. The minimum absolute atomic E-state index is 0.749. The van der Waals surface area contributed by atoms with Crippen molar-refractivity contribution < 1.29 is 0 Å². The zero-order chi connectivity index (χ0) is 10.7. The summed E-state index contributed by atoms with van der Waals surface area (Å²) in [7, 11) is 0. The van der Waals surface area contributed by atoms with Crippen molar-refractivity contribution in [1.82, 2.24) is 4.57 Å². The molecule has 0 saturated carbocycles. The molecule has 1 aromatic heterocycles. The van der Waals surface area contributed by atoms with Crippen LogP contribution in [0.1, 0.15) is 6.92 Å². The molecule has 0 atom stereocenters. The summed E-state index contributed by atoms with van der Waals surface area (Å²) in [5.74, 6) is 1.07. The van der Waals surface area contributed by atoms with E-state index in [4.69, 9.17) is 11.6 Å². The molecule has 15 heavy (non-hydrogen) atoms. The van der Waals surface area contributed by atoms with Crippen molar-refractivity contribution in [3.63, 3.8) is 0 Å². The van der Waals surface area contributed by atoms with Crippen molar-refractivity contribution in [3.8, 4) is 5.69 Å². The highest BCUT2D eigenvalue weighted by atomic mass is 35.5. The van der Waals surface area contributed by atoms with Crippen molar-refractivity contribution in [2.45, 2.75) is 11.8 Å². The second-order valence-electron chi connectivity index (χ2n) is 3.10. The lowest BCUT2D eigenvalue weighted by molar-refractivity contribution is 1.04. The van der Waals surface area contributed by atoms with Crippen molar-refractivity contribution >= 4 is 23.4 Å². The standard InChI is InChI=1S/C12H12ClNS/c1-2-15-11-7-4-3-6-10(11)14-9-5-8-12(14)13/h3-9H,2H2,1H3. The largest absolute Gasteiger partial charge is 0.306 e. The average Bonchev–Trinajstić information content (AvgIpc) is 2.66. The van der Waals surface area contributed by atoms with Crippen LogP contribution in [0.3, 0.4) is 0 Å². The van der Waals surface area contributed by atoms with Gasteiger partial charge in [-0.15, -0.1) is 11.8 Å². The van der Waals surface area contributed by atoms with E-state index < -0.39 is 0 Å². The van der Waals surface area contributed by atoms with Crippen LogP contribution in [0.4, 0.5) is 0 Å². The topological polar surface area (TPSA) is 4.93 Å². The van der Waals surface area contributed by atoms with Gasteiger partial charge in [-0.1, -0.05) is 30.7 Å². The van der Waals surface area contributed by atoms with Gasteiger partial charge in [0.05, 0.1) is 5.69 Å². The van der Waals surface area contributed by atoms with Crippen LogP contribution in [0.5, 0.6) is 0 Å². The Morgan fingerprint density at radius 1 is 1.20 bits per heavy atom. The molecule has 0 bridgehead atoms. The summed E-state index contributed by atoms with van der Waals surface area (Å²) in [6.45, 7) is 2.15. The predicted molar refractivity (Wildman–Crippen MR) is 67.2 cm³/mol. The van der Waals surface area contributed by atoms with Gasteiger partial charge >= 0.3 is 0 Å². The highest BCUT2D eigenvalue weighted by Crippen LogP contribution is 2.27. The summed E-state index contributed by atoms with van der Waals surface area (Å²) in [6, 6.07) is 12.2. The minimum Gasteiger partial charge on any atom is -0.306 e. The molecule has 0 spiro atoms. The lowest BCUT2D eigenvalue weighted by Crippen LogP contribution is -1.94. The Morgan fingerprint density at radius 2 is 2.00 bits per heavy atom. The summed E-state index contributed by atoms with van der Waals surface area (Å²) in [4.78, 5) is 1.26. The number of para-hydroxylation sites is 1. The Morgan fingerprint density at radius 3 is 2.67 bits per heavy atom. The third kappa shape index (κ3) is 2.21. The number of thioether (sulfide) groups is 1. The fourth-order valence-electron chi connectivity index (χ4n) is 1.49. The highest BCUT2D eigenvalue weighted by molar-refractivity contribution is 7.99. The van der Waals surface area contributed by atoms with Crippen molar-refractivity contribution in [2.24, 2.45) is 0 Å². The molecule has 0 fully saturated rings. The third-order valence-electron chi connectivity index (χ3n) is 2.12. The molecular weight excluding hydrogens is 226 g/mol. The Hall–Kier alpha value is -0.860. The monoisotopic (exact) mass is 237 g/mol. The Labute approximate surface area is 99.1 Å². The van der Waals surface area contributed by atoms with Crippen LogP contribution in [0.15, 0.2) is 47.5 Å². The van der Waals surface area contributed by atoms with Gasteiger partial charge in [0.1, 0.15) is 5.15 Å². The van der Waals surface area contributed by atoms with E-state index in [1.165, 1.54) is 4.90 Å². The molecule has 0 aliphatic carbocycles.